The second kappa shape index (κ2) is 4.07. The maximum Gasteiger partial charge on any atom is 0.328 e. The predicted molar refractivity (Wildman–Crippen MR) is 58.7 cm³/mol. The van der Waals surface area contributed by atoms with Gasteiger partial charge in [0.2, 0.25) is 0 Å². The smallest absolute Gasteiger partial charge is 0.328 e. The molecule has 1 aromatic heterocycles. The molecule has 0 saturated heterocycles. The van der Waals surface area contributed by atoms with Gasteiger partial charge in [-0.25, -0.2) is 0 Å². The molecule has 0 aliphatic carbocycles. The van der Waals surface area contributed by atoms with Gasteiger partial charge in [0.25, 0.3) is 0 Å². The minimum atomic E-state index is -0.756. The lowest BCUT2D eigenvalue weighted by molar-refractivity contribution is -0.136. The lowest BCUT2D eigenvalue weighted by atomic mass is 10.2. The number of nitrogens with zero attached hydrogens (tertiary/aromatic N) is 1. The van der Waals surface area contributed by atoms with Crippen LogP contribution in [0.1, 0.15) is 6.92 Å². The molecular weight excluding hydrogens is 204 g/mol. The number of nitrogens with one attached hydrogen (secondary N) is 1. The summed E-state index contributed by atoms with van der Waals surface area (Å²) < 4.78 is 5.13. The summed E-state index contributed by atoms with van der Waals surface area (Å²) >= 11 is 0. The molecule has 1 atom stereocenters. The standard InChI is InChI=1S/C12H10N2O2/c1-8(6-13)12(15)16-11-7-14-10-5-3-2-4-9(10)11/h2-5,7-8,14H,1H3. The second-order valence-electron chi connectivity index (χ2n) is 3.47. The molecule has 0 bridgehead atoms. The maximum absolute atomic E-state index is 11.4. The number of esters is 1. The first-order valence-electron chi connectivity index (χ1n) is 4.90. The average molecular weight is 214 g/mol. The number of benzene rings is 1. The molecule has 80 valence electrons. The fourth-order valence-electron chi connectivity index (χ4n) is 1.38. The molecule has 4 nitrogen and oxygen atoms in total. The zero-order chi connectivity index (χ0) is 11.5. The Labute approximate surface area is 92.4 Å². The molecule has 1 unspecified atom stereocenters. The first-order chi connectivity index (χ1) is 7.72. The molecule has 0 spiro atoms. The Balaban J connectivity index is 2.29. The van der Waals surface area contributed by atoms with E-state index in [0.717, 1.165) is 10.9 Å². The van der Waals surface area contributed by atoms with Crippen molar-refractivity contribution in [1.29, 1.82) is 5.26 Å². The lowest BCUT2D eigenvalue weighted by Gasteiger charge is -2.03. The molecule has 0 radical (unpaired) electrons. The zero-order valence-electron chi connectivity index (χ0n) is 8.73. The monoisotopic (exact) mass is 214 g/mol. The topological polar surface area (TPSA) is 65.9 Å². The SMILES string of the molecule is CC(C#N)C(=O)Oc1c[nH]c2ccccc12. The van der Waals surface area contributed by atoms with Crippen LogP contribution in [-0.4, -0.2) is 11.0 Å². The van der Waals surface area contributed by atoms with E-state index in [-0.39, 0.29) is 0 Å². The Hall–Kier alpha value is -2.28. The van der Waals surface area contributed by atoms with E-state index in [1.165, 1.54) is 6.92 Å². The summed E-state index contributed by atoms with van der Waals surface area (Å²) in [6.07, 6.45) is 1.62. The second-order valence-corrected chi connectivity index (χ2v) is 3.47. The first-order valence-corrected chi connectivity index (χ1v) is 4.90. The summed E-state index contributed by atoms with van der Waals surface area (Å²) in [5.41, 5.74) is 0.898. The van der Waals surface area contributed by atoms with Crippen LogP contribution in [-0.2, 0) is 4.79 Å². The van der Waals surface area contributed by atoms with Crippen molar-refractivity contribution >= 4 is 16.9 Å². The number of para-hydroxylation sites is 1. The van der Waals surface area contributed by atoms with E-state index in [4.69, 9.17) is 10.00 Å². The van der Waals surface area contributed by atoms with Crippen LogP contribution in [0.2, 0.25) is 0 Å². The molecule has 0 saturated carbocycles. The summed E-state index contributed by atoms with van der Waals surface area (Å²) in [4.78, 5) is 14.4. The third kappa shape index (κ3) is 1.75. The molecule has 2 aromatic rings. The molecule has 1 heterocycles. The first kappa shape index (κ1) is 10.2. The number of fused-ring (bicyclic) bond motifs is 1. The van der Waals surface area contributed by atoms with Gasteiger partial charge in [-0.2, -0.15) is 5.26 Å². The van der Waals surface area contributed by atoms with Gasteiger partial charge in [0, 0.05) is 17.1 Å². The number of aromatic amines is 1. The zero-order valence-corrected chi connectivity index (χ0v) is 8.73. The van der Waals surface area contributed by atoms with Crippen LogP contribution in [0.15, 0.2) is 30.5 Å². The quantitative estimate of drug-likeness (QED) is 0.779. The molecule has 0 fully saturated rings. The number of hydrogen-bond acceptors (Lipinski definition) is 3. The molecule has 0 aliphatic rings. The van der Waals surface area contributed by atoms with Crippen LogP contribution >= 0.6 is 0 Å². The van der Waals surface area contributed by atoms with Gasteiger partial charge in [-0.15, -0.1) is 0 Å². The van der Waals surface area contributed by atoms with Crippen molar-refractivity contribution in [1.82, 2.24) is 4.98 Å². The van der Waals surface area contributed by atoms with Crippen molar-refractivity contribution in [3.05, 3.63) is 30.5 Å². The molecular formula is C12H10N2O2. The highest BCUT2D eigenvalue weighted by Crippen LogP contribution is 2.25. The predicted octanol–water partition coefficient (Wildman–Crippen LogP) is 2.23. The Morgan fingerprint density at radius 1 is 1.50 bits per heavy atom. The summed E-state index contributed by atoms with van der Waals surface area (Å²) in [6, 6.07) is 9.34. The van der Waals surface area contributed by atoms with E-state index in [2.05, 4.69) is 4.98 Å². The summed E-state index contributed by atoms with van der Waals surface area (Å²) in [6.45, 7) is 1.51. The van der Waals surface area contributed by atoms with Gasteiger partial charge >= 0.3 is 5.97 Å². The largest absolute Gasteiger partial charge is 0.423 e. The minimum absolute atomic E-state index is 0.461. The average Bonchev–Trinajstić information content (AvgIpc) is 2.72. The van der Waals surface area contributed by atoms with E-state index < -0.39 is 11.9 Å². The van der Waals surface area contributed by atoms with Gasteiger partial charge < -0.3 is 9.72 Å². The van der Waals surface area contributed by atoms with Crippen LogP contribution in [0.5, 0.6) is 5.75 Å². The van der Waals surface area contributed by atoms with Crippen molar-refractivity contribution in [2.45, 2.75) is 6.92 Å². The van der Waals surface area contributed by atoms with E-state index in [1.807, 2.05) is 30.3 Å². The Morgan fingerprint density at radius 2 is 2.25 bits per heavy atom. The van der Waals surface area contributed by atoms with Crippen molar-refractivity contribution in [2.24, 2.45) is 5.92 Å². The molecule has 16 heavy (non-hydrogen) atoms. The highest BCUT2D eigenvalue weighted by molar-refractivity contribution is 5.89. The number of hydrogen-bond donors (Lipinski definition) is 1. The summed E-state index contributed by atoms with van der Waals surface area (Å²) in [7, 11) is 0. The van der Waals surface area contributed by atoms with E-state index in [9.17, 15) is 4.79 Å². The Bertz CT molecular complexity index is 566. The van der Waals surface area contributed by atoms with Crippen molar-refractivity contribution in [3.8, 4) is 11.8 Å². The van der Waals surface area contributed by atoms with Crippen LogP contribution in [0.3, 0.4) is 0 Å². The van der Waals surface area contributed by atoms with Gasteiger partial charge in [0.1, 0.15) is 5.92 Å². The number of nitriles is 1. The van der Waals surface area contributed by atoms with Crippen molar-refractivity contribution in [2.75, 3.05) is 0 Å². The van der Waals surface area contributed by atoms with E-state index in [0.29, 0.717) is 5.75 Å². The van der Waals surface area contributed by atoms with E-state index >= 15 is 0 Å². The molecule has 1 aromatic carbocycles. The summed E-state index contributed by atoms with van der Waals surface area (Å²) in [5.74, 6) is -0.830. The van der Waals surface area contributed by atoms with Crippen LogP contribution < -0.4 is 4.74 Å². The van der Waals surface area contributed by atoms with Gasteiger partial charge in [-0.1, -0.05) is 12.1 Å². The Morgan fingerprint density at radius 3 is 3.00 bits per heavy atom. The van der Waals surface area contributed by atoms with Gasteiger partial charge in [-0.05, 0) is 19.1 Å². The third-order valence-electron chi connectivity index (χ3n) is 2.31. The van der Waals surface area contributed by atoms with E-state index in [1.54, 1.807) is 6.20 Å². The maximum atomic E-state index is 11.4. The number of carbonyl (C=O) groups excluding carboxylic acids is 1. The normalized spacial score (nSPS) is 12.0. The number of carbonyl (C=O) groups is 1. The van der Waals surface area contributed by atoms with Crippen molar-refractivity contribution < 1.29 is 9.53 Å². The fourth-order valence-corrected chi connectivity index (χ4v) is 1.38. The van der Waals surface area contributed by atoms with Gasteiger partial charge in [-0.3, -0.25) is 4.79 Å². The van der Waals surface area contributed by atoms with Crippen LogP contribution in [0.25, 0.3) is 10.9 Å². The fraction of sp³-hybridized carbons (Fsp3) is 0.167. The van der Waals surface area contributed by atoms with Gasteiger partial charge in [0.15, 0.2) is 5.75 Å². The molecule has 2 rings (SSSR count). The highest BCUT2D eigenvalue weighted by Gasteiger charge is 2.16. The molecule has 0 amide bonds. The highest BCUT2D eigenvalue weighted by atomic mass is 16.5. The number of H-pyrrole nitrogens is 1. The van der Waals surface area contributed by atoms with Gasteiger partial charge in [0.05, 0.1) is 6.07 Å². The number of rotatable bonds is 2. The molecule has 1 N–H and O–H groups in total. The minimum Gasteiger partial charge on any atom is -0.423 e. The Kier molecular flexibility index (Phi) is 2.61. The number of aromatic nitrogens is 1. The van der Waals surface area contributed by atoms with Crippen LogP contribution in [0.4, 0.5) is 0 Å². The number of ether oxygens (including phenoxy) is 1. The van der Waals surface area contributed by atoms with Crippen molar-refractivity contribution in [3.63, 3.8) is 0 Å². The summed E-state index contributed by atoms with van der Waals surface area (Å²) in [5, 5.41) is 9.42. The molecule has 0 aliphatic heterocycles. The van der Waals surface area contributed by atoms with Crippen LogP contribution in [0, 0.1) is 17.2 Å². The third-order valence-corrected chi connectivity index (χ3v) is 2.31. The lowest BCUT2D eigenvalue weighted by Crippen LogP contribution is -2.15. The molecule has 4 heteroatoms.